The molecule has 1 saturated carbocycles. The summed E-state index contributed by atoms with van der Waals surface area (Å²) in [5.74, 6) is 0.148. The van der Waals surface area contributed by atoms with Crippen LogP contribution in [0.5, 0.6) is 0 Å². The molecule has 0 aromatic heterocycles. The van der Waals surface area contributed by atoms with Crippen molar-refractivity contribution in [2.45, 2.75) is 25.3 Å². The summed E-state index contributed by atoms with van der Waals surface area (Å²) in [6.07, 6.45) is 3.58. The van der Waals surface area contributed by atoms with Gasteiger partial charge in [-0.2, -0.15) is 0 Å². The maximum atomic E-state index is 11.9. The van der Waals surface area contributed by atoms with Gasteiger partial charge in [-0.05, 0) is 31.4 Å². The molecule has 2 rings (SSSR count). The summed E-state index contributed by atoms with van der Waals surface area (Å²) in [7, 11) is 1.90. The summed E-state index contributed by atoms with van der Waals surface area (Å²) in [4.78, 5) is 13.8. The van der Waals surface area contributed by atoms with Crippen molar-refractivity contribution in [3.8, 4) is 0 Å². The fourth-order valence-electron chi connectivity index (χ4n) is 1.72. The molecule has 1 aromatic carbocycles. The van der Waals surface area contributed by atoms with Crippen molar-refractivity contribution in [2.24, 2.45) is 0 Å². The molecule has 0 spiro atoms. The second-order valence-corrected chi connectivity index (χ2v) is 3.87. The third-order valence-corrected chi connectivity index (χ3v) is 2.96. The van der Waals surface area contributed by atoms with E-state index in [1.807, 2.05) is 42.3 Å². The third-order valence-electron chi connectivity index (χ3n) is 2.96. The largest absolute Gasteiger partial charge is 0.339 e. The number of carbonyl (C=O) groups is 1. The van der Waals surface area contributed by atoms with Gasteiger partial charge in [-0.15, -0.1) is 0 Å². The quantitative estimate of drug-likeness (QED) is 0.699. The Kier molecular flexibility index (Phi) is 2.53. The van der Waals surface area contributed by atoms with Gasteiger partial charge in [0.2, 0.25) is 0 Å². The lowest BCUT2D eigenvalue weighted by Gasteiger charge is -2.34. The summed E-state index contributed by atoms with van der Waals surface area (Å²) >= 11 is 0. The molecule has 0 atom stereocenters. The summed E-state index contributed by atoms with van der Waals surface area (Å²) in [6.45, 7) is 0. The Labute approximate surface area is 84.5 Å². The number of amides is 1. The summed E-state index contributed by atoms with van der Waals surface area (Å²) < 4.78 is 0. The van der Waals surface area contributed by atoms with E-state index >= 15 is 0 Å². The summed E-state index contributed by atoms with van der Waals surface area (Å²) in [5.41, 5.74) is 0.793. The number of nitrogens with zero attached hydrogens (tertiary/aromatic N) is 1. The molecule has 0 bridgehead atoms. The topological polar surface area (TPSA) is 20.3 Å². The fourth-order valence-corrected chi connectivity index (χ4v) is 1.72. The van der Waals surface area contributed by atoms with E-state index < -0.39 is 0 Å². The highest BCUT2D eigenvalue weighted by Crippen LogP contribution is 2.24. The van der Waals surface area contributed by atoms with Crippen molar-refractivity contribution in [3.63, 3.8) is 0 Å². The van der Waals surface area contributed by atoms with Gasteiger partial charge in [-0.3, -0.25) is 4.79 Å². The van der Waals surface area contributed by atoms with E-state index in [0.29, 0.717) is 6.04 Å². The average molecular weight is 189 g/mol. The zero-order chi connectivity index (χ0) is 9.97. The summed E-state index contributed by atoms with van der Waals surface area (Å²) in [6, 6.07) is 9.96. The predicted molar refractivity (Wildman–Crippen MR) is 56.2 cm³/mol. The van der Waals surface area contributed by atoms with Gasteiger partial charge >= 0.3 is 0 Å². The van der Waals surface area contributed by atoms with Gasteiger partial charge in [-0.1, -0.05) is 18.2 Å². The van der Waals surface area contributed by atoms with Crippen LogP contribution < -0.4 is 0 Å². The van der Waals surface area contributed by atoms with E-state index in [0.717, 1.165) is 18.4 Å². The normalized spacial score (nSPS) is 16.1. The molecular weight excluding hydrogens is 174 g/mol. The lowest BCUT2D eigenvalue weighted by Crippen LogP contribution is -2.41. The third kappa shape index (κ3) is 1.65. The van der Waals surface area contributed by atoms with Crippen molar-refractivity contribution >= 4 is 5.91 Å². The Bertz CT molecular complexity index is 316. The van der Waals surface area contributed by atoms with Crippen LogP contribution in [0.25, 0.3) is 0 Å². The zero-order valence-electron chi connectivity index (χ0n) is 8.44. The smallest absolute Gasteiger partial charge is 0.253 e. The Morgan fingerprint density at radius 3 is 2.43 bits per heavy atom. The highest BCUT2D eigenvalue weighted by Gasteiger charge is 2.25. The number of rotatable bonds is 2. The van der Waals surface area contributed by atoms with Gasteiger partial charge < -0.3 is 4.90 Å². The molecule has 0 N–H and O–H groups in total. The Morgan fingerprint density at radius 1 is 1.29 bits per heavy atom. The summed E-state index contributed by atoms with van der Waals surface area (Å²) in [5, 5.41) is 0. The molecule has 74 valence electrons. The van der Waals surface area contributed by atoms with Gasteiger partial charge in [0.25, 0.3) is 5.91 Å². The maximum absolute atomic E-state index is 11.9. The second-order valence-electron chi connectivity index (χ2n) is 3.87. The van der Waals surface area contributed by atoms with Gasteiger partial charge in [0.05, 0.1) is 0 Å². The molecule has 1 fully saturated rings. The zero-order valence-corrected chi connectivity index (χ0v) is 8.44. The van der Waals surface area contributed by atoms with E-state index in [-0.39, 0.29) is 5.91 Å². The van der Waals surface area contributed by atoms with Crippen LogP contribution >= 0.6 is 0 Å². The van der Waals surface area contributed by atoms with Crippen molar-refractivity contribution in [2.75, 3.05) is 7.05 Å². The molecule has 2 nitrogen and oxygen atoms in total. The van der Waals surface area contributed by atoms with Crippen LogP contribution in [0.15, 0.2) is 30.3 Å². The predicted octanol–water partition coefficient (Wildman–Crippen LogP) is 2.31. The number of hydrogen-bond donors (Lipinski definition) is 0. The Balaban J connectivity index is 2.07. The first-order valence-corrected chi connectivity index (χ1v) is 5.11. The molecule has 14 heavy (non-hydrogen) atoms. The number of hydrogen-bond acceptors (Lipinski definition) is 1. The first-order valence-electron chi connectivity index (χ1n) is 5.11. The van der Waals surface area contributed by atoms with E-state index in [4.69, 9.17) is 0 Å². The van der Waals surface area contributed by atoms with Crippen LogP contribution in [0, 0.1) is 0 Å². The van der Waals surface area contributed by atoms with Crippen LogP contribution in [0.3, 0.4) is 0 Å². The molecule has 1 aromatic rings. The lowest BCUT2D eigenvalue weighted by atomic mass is 9.91. The Morgan fingerprint density at radius 2 is 1.93 bits per heavy atom. The molecule has 1 aliphatic rings. The van der Waals surface area contributed by atoms with Crippen molar-refractivity contribution < 1.29 is 4.79 Å². The van der Waals surface area contributed by atoms with Gasteiger partial charge in [0, 0.05) is 18.7 Å². The molecular formula is C12H15NO. The standard InChI is InChI=1S/C12H15NO/c1-13(11-8-5-9-11)12(14)10-6-3-2-4-7-10/h2-4,6-7,11H,5,8-9H2,1H3. The maximum Gasteiger partial charge on any atom is 0.253 e. The monoisotopic (exact) mass is 189 g/mol. The minimum atomic E-state index is 0.148. The van der Waals surface area contributed by atoms with Gasteiger partial charge in [-0.25, -0.2) is 0 Å². The van der Waals surface area contributed by atoms with E-state index in [2.05, 4.69) is 0 Å². The average Bonchev–Trinajstić information content (AvgIpc) is 2.15. The first-order chi connectivity index (χ1) is 6.79. The number of carbonyl (C=O) groups excluding carboxylic acids is 1. The van der Waals surface area contributed by atoms with Crippen LogP contribution in [0.4, 0.5) is 0 Å². The minimum absolute atomic E-state index is 0.148. The molecule has 0 radical (unpaired) electrons. The highest BCUT2D eigenvalue weighted by molar-refractivity contribution is 5.94. The van der Waals surface area contributed by atoms with Gasteiger partial charge in [0.15, 0.2) is 0 Å². The van der Waals surface area contributed by atoms with Crippen LogP contribution in [0.2, 0.25) is 0 Å². The second kappa shape index (κ2) is 3.82. The van der Waals surface area contributed by atoms with Crippen molar-refractivity contribution in [1.82, 2.24) is 4.90 Å². The fraction of sp³-hybridized carbons (Fsp3) is 0.417. The van der Waals surface area contributed by atoms with E-state index in [1.54, 1.807) is 0 Å². The first kappa shape index (κ1) is 9.25. The SMILES string of the molecule is CN(C(=O)c1ccccc1)C1CCC1. The highest BCUT2D eigenvalue weighted by atomic mass is 16.2. The lowest BCUT2D eigenvalue weighted by molar-refractivity contribution is 0.0652. The Hall–Kier alpha value is -1.31. The van der Waals surface area contributed by atoms with E-state index in [1.165, 1.54) is 6.42 Å². The van der Waals surface area contributed by atoms with Crippen molar-refractivity contribution in [1.29, 1.82) is 0 Å². The molecule has 0 saturated heterocycles. The van der Waals surface area contributed by atoms with Crippen LogP contribution in [-0.4, -0.2) is 23.9 Å². The molecule has 1 aliphatic carbocycles. The molecule has 0 unspecified atom stereocenters. The number of benzene rings is 1. The van der Waals surface area contributed by atoms with Gasteiger partial charge in [0.1, 0.15) is 0 Å². The van der Waals surface area contributed by atoms with Crippen LogP contribution in [0.1, 0.15) is 29.6 Å². The molecule has 2 heteroatoms. The molecule has 1 amide bonds. The van der Waals surface area contributed by atoms with E-state index in [9.17, 15) is 4.79 Å². The molecule has 0 aliphatic heterocycles. The molecule has 0 heterocycles. The van der Waals surface area contributed by atoms with Crippen LogP contribution in [-0.2, 0) is 0 Å². The van der Waals surface area contributed by atoms with Crippen molar-refractivity contribution in [3.05, 3.63) is 35.9 Å². The minimum Gasteiger partial charge on any atom is -0.339 e.